The summed E-state index contributed by atoms with van der Waals surface area (Å²) in [5.74, 6) is 0. The Bertz CT molecular complexity index is 294. The molecule has 2 unspecified atom stereocenters. The van der Waals surface area contributed by atoms with E-state index in [2.05, 4.69) is 23.8 Å². The number of aliphatic imine (C=N–C) groups is 2. The molecule has 18 heavy (non-hydrogen) atoms. The van der Waals surface area contributed by atoms with Crippen LogP contribution in [0.2, 0.25) is 0 Å². The normalized spacial score (nSPS) is 20.4. The van der Waals surface area contributed by atoms with Crippen LogP contribution in [-0.2, 0) is 9.78 Å². The Morgan fingerprint density at radius 2 is 1.11 bits per heavy atom. The SMILES string of the molecule is CCC(C)(OOC(C)(CC)C(C)=NC)C(C)=NC. The number of hydrogen-bond acceptors (Lipinski definition) is 4. The lowest BCUT2D eigenvalue weighted by molar-refractivity contribution is -0.377. The van der Waals surface area contributed by atoms with Gasteiger partial charge in [-0.25, -0.2) is 9.78 Å². The van der Waals surface area contributed by atoms with Crippen LogP contribution in [0.5, 0.6) is 0 Å². The van der Waals surface area contributed by atoms with E-state index in [0.29, 0.717) is 0 Å². The minimum absolute atomic E-state index is 0.487. The number of nitrogens with zero attached hydrogens (tertiary/aromatic N) is 2. The summed E-state index contributed by atoms with van der Waals surface area (Å²) in [6, 6.07) is 0. The third-order valence-corrected chi connectivity index (χ3v) is 3.96. The van der Waals surface area contributed by atoms with Gasteiger partial charge in [-0.15, -0.1) is 0 Å². The summed E-state index contributed by atoms with van der Waals surface area (Å²) in [5.41, 5.74) is 0.877. The fourth-order valence-electron chi connectivity index (χ4n) is 1.41. The van der Waals surface area contributed by atoms with Gasteiger partial charge >= 0.3 is 0 Å². The van der Waals surface area contributed by atoms with Crippen molar-refractivity contribution in [3.05, 3.63) is 0 Å². The van der Waals surface area contributed by atoms with Gasteiger partial charge in [-0.05, 0) is 40.5 Å². The number of hydrogen-bond donors (Lipinski definition) is 0. The van der Waals surface area contributed by atoms with Crippen molar-refractivity contribution in [3.63, 3.8) is 0 Å². The van der Waals surface area contributed by atoms with E-state index in [1.54, 1.807) is 14.1 Å². The third-order valence-electron chi connectivity index (χ3n) is 3.96. The predicted octanol–water partition coefficient (Wildman–Crippen LogP) is 3.45. The van der Waals surface area contributed by atoms with Crippen molar-refractivity contribution in [2.75, 3.05) is 14.1 Å². The van der Waals surface area contributed by atoms with E-state index in [1.165, 1.54) is 0 Å². The average Bonchev–Trinajstić information content (AvgIpc) is 2.42. The summed E-state index contributed by atoms with van der Waals surface area (Å²) >= 11 is 0. The molecule has 0 heterocycles. The maximum atomic E-state index is 5.70. The second-order valence-corrected chi connectivity index (χ2v) is 4.95. The second kappa shape index (κ2) is 7.00. The Balaban J connectivity index is 4.92. The van der Waals surface area contributed by atoms with E-state index in [1.807, 2.05) is 27.7 Å². The molecule has 0 fully saturated rings. The molecule has 0 aliphatic heterocycles. The van der Waals surface area contributed by atoms with Crippen molar-refractivity contribution in [2.45, 2.75) is 65.6 Å². The minimum atomic E-state index is -0.487. The molecule has 0 amide bonds. The topological polar surface area (TPSA) is 43.2 Å². The van der Waals surface area contributed by atoms with Gasteiger partial charge in [-0.1, -0.05) is 13.8 Å². The average molecular weight is 256 g/mol. The highest BCUT2D eigenvalue weighted by atomic mass is 17.2. The van der Waals surface area contributed by atoms with Gasteiger partial charge in [0.25, 0.3) is 0 Å². The van der Waals surface area contributed by atoms with Crippen LogP contribution >= 0.6 is 0 Å². The first kappa shape index (κ1) is 17.3. The lowest BCUT2D eigenvalue weighted by Crippen LogP contribution is -2.43. The maximum Gasteiger partial charge on any atom is 0.138 e. The molecule has 0 aromatic rings. The molecule has 0 aliphatic carbocycles. The van der Waals surface area contributed by atoms with Crippen molar-refractivity contribution < 1.29 is 9.78 Å². The van der Waals surface area contributed by atoms with Crippen LogP contribution in [0.4, 0.5) is 0 Å². The van der Waals surface area contributed by atoms with Crippen molar-refractivity contribution in [2.24, 2.45) is 9.98 Å². The molecular formula is C14H28N2O2. The molecule has 0 bridgehead atoms. The van der Waals surface area contributed by atoms with E-state index in [4.69, 9.17) is 9.78 Å². The molecule has 2 atom stereocenters. The van der Waals surface area contributed by atoms with Gasteiger partial charge in [-0.2, -0.15) is 0 Å². The van der Waals surface area contributed by atoms with Gasteiger partial charge in [0.05, 0.1) is 0 Å². The molecule has 0 radical (unpaired) electrons. The number of rotatable bonds is 7. The highest BCUT2D eigenvalue weighted by Crippen LogP contribution is 2.25. The fraction of sp³-hybridized carbons (Fsp3) is 0.857. The lowest BCUT2D eigenvalue weighted by atomic mass is 9.97. The molecule has 0 aliphatic rings. The van der Waals surface area contributed by atoms with Crippen LogP contribution in [0.3, 0.4) is 0 Å². The summed E-state index contributed by atoms with van der Waals surface area (Å²) in [5, 5.41) is 0. The zero-order chi connectivity index (χ0) is 14.4. The van der Waals surface area contributed by atoms with Crippen LogP contribution in [-0.4, -0.2) is 36.7 Å². The first-order valence-corrected chi connectivity index (χ1v) is 6.54. The molecule has 0 saturated carbocycles. The van der Waals surface area contributed by atoms with Crippen molar-refractivity contribution in [1.82, 2.24) is 0 Å². The summed E-state index contributed by atoms with van der Waals surface area (Å²) in [4.78, 5) is 19.8. The smallest absolute Gasteiger partial charge is 0.138 e. The van der Waals surface area contributed by atoms with Crippen LogP contribution in [0.1, 0.15) is 54.4 Å². The second-order valence-electron chi connectivity index (χ2n) is 4.95. The van der Waals surface area contributed by atoms with Crippen molar-refractivity contribution >= 4 is 11.4 Å². The third kappa shape index (κ3) is 3.89. The quantitative estimate of drug-likeness (QED) is 0.398. The first-order chi connectivity index (χ1) is 8.29. The first-order valence-electron chi connectivity index (χ1n) is 6.54. The monoisotopic (exact) mass is 256 g/mol. The van der Waals surface area contributed by atoms with Crippen LogP contribution < -0.4 is 0 Å². The van der Waals surface area contributed by atoms with Gasteiger partial charge in [0.2, 0.25) is 0 Å². The standard InChI is InChI=1S/C14H28N2O2/c1-9-13(5,11(3)15-7)17-18-14(6,10-2)12(4)16-8/h9-10H2,1-8H3. The lowest BCUT2D eigenvalue weighted by Gasteiger charge is -2.34. The molecule has 0 aromatic heterocycles. The van der Waals surface area contributed by atoms with Gasteiger partial charge in [0, 0.05) is 25.5 Å². The molecule has 0 saturated heterocycles. The Kier molecular flexibility index (Phi) is 6.71. The summed E-state index contributed by atoms with van der Waals surface area (Å²) in [7, 11) is 3.54. The van der Waals surface area contributed by atoms with E-state index >= 15 is 0 Å². The van der Waals surface area contributed by atoms with Crippen LogP contribution in [0, 0.1) is 0 Å². The van der Waals surface area contributed by atoms with E-state index < -0.39 is 11.2 Å². The molecule has 0 rings (SSSR count). The van der Waals surface area contributed by atoms with Gasteiger partial charge in [-0.3, -0.25) is 9.98 Å². The molecule has 4 heteroatoms. The Morgan fingerprint density at radius 3 is 1.28 bits per heavy atom. The van der Waals surface area contributed by atoms with E-state index in [-0.39, 0.29) is 0 Å². The van der Waals surface area contributed by atoms with Gasteiger partial charge < -0.3 is 0 Å². The van der Waals surface area contributed by atoms with E-state index in [9.17, 15) is 0 Å². The van der Waals surface area contributed by atoms with Gasteiger partial charge in [0.15, 0.2) is 0 Å². The van der Waals surface area contributed by atoms with Crippen LogP contribution in [0.25, 0.3) is 0 Å². The maximum absolute atomic E-state index is 5.70. The predicted molar refractivity (Wildman–Crippen MR) is 77.6 cm³/mol. The van der Waals surface area contributed by atoms with Crippen molar-refractivity contribution in [1.29, 1.82) is 0 Å². The van der Waals surface area contributed by atoms with Crippen LogP contribution in [0.15, 0.2) is 9.98 Å². The van der Waals surface area contributed by atoms with Gasteiger partial charge in [0.1, 0.15) is 11.2 Å². The Labute approximate surface area is 111 Å². The zero-order valence-electron chi connectivity index (χ0n) is 13.1. The van der Waals surface area contributed by atoms with E-state index in [0.717, 1.165) is 24.3 Å². The summed E-state index contributed by atoms with van der Waals surface area (Å²) in [6.07, 6.45) is 1.61. The Morgan fingerprint density at radius 1 is 0.833 bits per heavy atom. The molecular weight excluding hydrogens is 228 g/mol. The highest BCUT2D eigenvalue weighted by molar-refractivity contribution is 5.90. The zero-order valence-corrected chi connectivity index (χ0v) is 13.1. The van der Waals surface area contributed by atoms with Crippen molar-refractivity contribution in [3.8, 4) is 0 Å². The summed E-state index contributed by atoms with van der Waals surface area (Å²) < 4.78 is 0. The molecule has 0 spiro atoms. The molecule has 4 nitrogen and oxygen atoms in total. The highest BCUT2D eigenvalue weighted by Gasteiger charge is 2.34. The Hall–Kier alpha value is -0.740. The molecule has 0 N–H and O–H groups in total. The molecule has 0 aromatic carbocycles. The minimum Gasteiger partial charge on any atom is -0.295 e. The fourth-order valence-corrected chi connectivity index (χ4v) is 1.41. The summed E-state index contributed by atoms with van der Waals surface area (Å²) in [6.45, 7) is 12.0. The largest absolute Gasteiger partial charge is 0.295 e. The molecule has 106 valence electrons.